The Morgan fingerprint density at radius 3 is 2.84 bits per heavy atom. The molecule has 1 saturated carbocycles. The number of nitrogens with zero attached hydrogens (tertiary/aromatic N) is 1. The fraction of sp³-hybridized carbons (Fsp3) is 0.500. The summed E-state index contributed by atoms with van der Waals surface area (Å²) in [5.41, 5.74) is 1.54. The average molecular weight is 342 g/mol. The Hall–Kier alpha value is -2.30. The summed E-state index contributed by atoms with van der Waals surface area (Å²) >= 11 is 0. The van der Waals surface area contributed by atoms with Crippen LogP contribution in [0, 0.1) is 0 Å². The number of carbonyl (C=O) groups excluding carboxylic acids is 1. The quantitative estimate of drug-likeness (QED) is 0.847. The molecular weight excluding hydrogens is 316 g/mol. The van der Waals surface area contributed by atoms with Crippen LogP contribution in [0.2, 0.25) is 0 Å². The predicted molar refractivity (Wildman–Crippen MR) is 96.8 cm³/mol. The van der Waals surface area contributed by atoms with E-state index in [1.165, 1.54) is 19.3 Å². The predicted octanol–water partition coefficient (Wildman–Crippen LogP) is 4.37. The van der Waals surface area contributed by atoms with Crippen molar-refractivity contribution in [3.8, 4) is 17.2 Å². The number of amides is 1. The van der Waals surface area contributed by atoms with Gasteiger partial charge in [0.1, 0.15) is 5.75 Å². The zero-order valence-electron chi connectivity index (χ0n) is 15.0. The summed E-state index contributed by atoms with van der Waals surface area (Å²) < 4.78 is 11.1. The van der Waals surface area contributed by atoms with Gasteiger partial charge in [-0.3, -0.25) is 4.79 Å². The van der Waals surface area contributed by atoms with Gasteiger partial charge >= 0.3 is 0 Å². The van der Waals surface area contributed by atoms with Crippen molar-refractivity contribution < 1.29 is 13.9 Å². The van der Waals surface area contributed by atoms with Crippen LogP contribution in [0.3, 0.4) is 0 Å². The van der Waals surface area contributed by atoms with E-state index >= 15 is 0 Å². The summed E-state index contributed by atoms with van der Waals surface area (Å²) in [6, 6.07) is 7.79. The van der Waals surface area contributed by atoms with Gasteiger partial charge in [0.25, 0.3) is 5.91 Å². The molecular formula is C20H26N2O3. The summed E-state index contributed by atoms with van der Waals surface area (Å²) in [6.45, 7) is 2.07. The molecule has 1 N–H and O–H groups in total. The zero-order chi connectivity index (χ0) is 17.6. The molecule has 3 rings (SSSR count). The molecule has 0 unspecified atom stereocenters. The van der Waals surface area contributed by atoms with Crippen LogP contribution in [0.4, 0.5) is 0 Å². The standard InChI is InChI=1S/C20H26N2O3/c1-3-8-17-18(19(23)21-15-10-5-4-6-11-15)25-20(22-17)14-9-7-12-16(13-14)24-2/h7,9,12-13,15H,3-6,8,10-11H2,1-2H3,(H,21,23). The number of benzene rings is 1. The van der Waals surface area contributed by atoms with E-state index in [4.69, 9.17) is 9.15 Å². The van der Waals surface area contributed by atoms with Gasteiger partial charge in [0.2, 0.25) is 11.7 Å². The van der Waals surface area contributed by atoms with Crippen molar-refractivity contribution in [1.82, 2.24) is 10.3 Å². The van der Waals surface area contributed by atoms with Crippen molar-refractivity contribution in [2.24, 2.45) is 0 Å². The Morgan fingerprint density at radius 2 is 2.12 bits per heavy atom. The fourth-order valence-electron chi connectivity index (χ4n) is 3.31. The van der Waals surface area contributed by atoms with E-state index in [1.54, 1.807) is 7.11 Å². The topological polar surface area (TPSA) is 64.4 Å². The number of ether oxygens (including phenoxy) is 1. The lowest BCUT2D eigenvalue weighted by Crippen LogP contribution is -2.36. The third-order valence-electron chi connectivity index (χ3n) is 4.65. The number of nitrogens with one attached hydrogen (secondary N) is 1. The fourth-order valence-corrected chi connectivity index (χ4v) is 3.31. The van der Waals surface area contributed by atoms with Crippen molar-refractivity contribution in [1.29, 1.82) is 0 Å². The van der Waals surface area contributed by atoms with Crippen LogP contribution in [0.1, 0.15) is 61.7 Å². The summed E-state index contributed by atoms with van der Waals surface area (Å²) in [5.74, 6) is 1.42. The minimum atomic E-state index is -0.142. The molecule has 2 aromatic rings. The molecule has 5 heteroatoms. The molecule has 0 spiro atoms. The first kappa shape index (κ1) is 17.5. The van der Waals surface area contributed by atoms with E-state index in [0.717, 1.165) is 42.7 Å². The van der Waals surface area contributed by atoms with Crippen LogP contribution < -0.4 is 10.1 Å². The van der Waals surface area contributed by atoms with Gasteiger partial charge in [-0.05, 0) is 37.5 Å². The molecule has 0 aliphatic heterocycles. The first-order valence-electron chi connectivity index (χ1n) is 9.16. The van der Waals surface area contributed by atoms with E-state index in [-0.39, 0.29) is 11.9 Å². The molecule has 0 atom stereocenters. The summed E-state index contributed by atoms with van der Waals surface area (Å²) in [4.78, 5) is 17.3. The molecule has 1 aromatic heterocycles. The molecule has 1 amide bonds. The average Bonchev–Trinajstić information content (AvgIpc) is 3.07. The van der Waals surface area contributed by atoms with Gasteiger partial charge in [0, 0.05) is 11.6 Å². The first-order chi connectivity index (χ1) is 12.2. The third kappa shape index (κ3) is 4.21. The van der Waals surface area contributed by atoms with E-state index < -0.39 is 0 Å². The number of hydrogen-bond acceptors (Lipinski definition) is 4. The van der Waals surface area contributed by atoms with Crippen LogP contribution in [-0.2, 0) is 6.42 Å². The highest BCUT2D eigenvalue weighted by Gasteiger charge is 2.24. The lowest BCUT2D eigenvalue weighted by atomic mass is 9.95. The number of rotatable bonds is 6. The van der Waals surface area contributed by atoms with Gasteiger partial charge in [-0.15, -0.1) is 0 Å². The van der Waals surface area contributed by atoms with Gasteiger partial charge in [-0.1, -0.05) is 38.7 Å². The lowest BCUT2D eigenvalue weighted by molar-refractivity contribution is 0.0899. The molecule has 1 fully saturated rings. The van der Waals surface area contributed by atoms with Crippen molar-refractivity contribution >= 4 is 5.91 Å². The molecule has 0 radical (unpaired) electrons. The van der Waals surface area contributed by atoms with E-state index in [1.807, 2.05) is 24.3 Å². The summed E-state index contributed by atoms with van der Waals surface area (Å²) in [7, 11) is 1.63. The lowest BCUT2D eigenvalue weighted by Gasteiger charge is -2.22. The maximum Gasteiger partial charge on any atom is 0.289 e. The highest BCUT2D eigenvalue weighted by Crippen LogP contribution is 2.26. The number of methoxy groups -OCH3 is 1. The van der Waals surface area contributed by atoms with Crippen molar-refractivity contribution in [3.05, 3.63) is 35.7 Å². The SMILES string of the molecule is CCCc1nc(-c2cccc(OC)c2)oc1C(=O)NC1CCCCC1. The molecule has 1 aliphatic rings. The third-order valence-corrected chi connectivity index (χ3v) is 4.65. The Labute approximate surface area is 148 Å². The van der Waals surface area contributed by atoms with Crippen LogP contribution in [0.5, 0.6) is 5.75 Å². The smallest absolute Gasteiger partial charge is 0.289 e. The normalized spacial score (nSPS) is 15.1. The molecule has 25 heavy (non-hydrogen) atoms. The molecule has 1 aromatic carbocycles. The van der Waals surface area contributed by atoms with E-state index in [0.29, 0.717) is 11.7 Å². The largest absolute Gasteiger partial charge is 0.497 e. The molecule has 1 heterocycles. The van der Waals surface area contributed by atoms with Gasteiger partial charge in [-0.2, -0.15) is 0 Å². The second-order valence-corrected chi connectivity index (χ2v) is 6.59. The van der Waals surface area contributed by atoms with Crippen molar-refractivity contribution in [3.63, 3.8) is 0 Å². The minimum Gasteiger partial charge on any atom is -0.497 e. The second-order valence-electron chi connectivity index (χ2n) is 6.59. The highest BCUT2D eigenvalue weighted by atomic mass is 16.5. The van der Waals surface area contributed by atoms with Crippen molar-refractivity contribution in [2.45, 2.75) is 57.9 Å². The first-order valence-corrected chi connectivity index (χ1v) is 9.16. The van der Waals surface area contributed by atoms with Crippen LogP contribution in [0.25, 0.3) is 11.5 Å². The van der Waals surface area contributed by atoms with E-state index in [2.05, 4.69) is 17.2 Å². The zero-order valence-corrected chi connectivity index (χ0v) is 15.0. The Balaban J connectivity index is 1.84. The Morgan fingerprint density at radius 1 is 1.32 bits per heavy atom. The Bertz CT molecular complexity index is 717. The van der Waals surface area contributed by atoms with Crippen LogP contribution in [0.15, 0.2) is 28.7 Å². The second kappa shape index (κ2) is 8.19. The van der Waals surface area contributed by atoms with Gasteiger partial charge in [-0.25, -0.2) is 4.98 Å². The molecule has 0 saturated heterocycles. The molecule has 5 nitrogen and oxygen atoms in total. The number of oxazole rings is 1. The number of carbonyl (C=O) groups is 1. The molecule has 1 aliphatic carbocycles. The number of aromatic nitrogens is 1. The summed E-state index contributed by atoms with van der Waals surface area (Å²) in [6.07, 6.45) is 7.35. The minimum absolute atomic E-state index is 0.142. The Kier molecular flexibility index (Phi) is 5.74. The van der Waals surface area contributed by atoms with Gasteiger partial charge in [0.15, 0.2) is 0 Å². The summed E-state index contributed by atoms with van der Waals surface area (Å²) in [5, 5.41) is 3.12. The van der Waals surface area contributed by atoms with Crippen molar-refractivity contribution in [2.75, 3.05) is 7.11 Å². The maximum absolute atomic E-state index is 12.7. The van der Waals surface area contributed by atoms with Gasteiger partial charge in [0.05, 0.1) is 12.8 Å². The molecule has 134 valence electrons. The van der Waals surface area contributed by atoms with Crippen LogP contribution >= 0.6 is 0 Å². The maximum atomic E-state index is 12.7. The van der Waals surface area contributed by atoms with E-state index in [9.17, 15) is 4.79 Å². The highest BCUT2D eigenvalue weighted by molar-refractivity contribution is 5.93. The number of aryl methyl sites for hydroxylation is 1. The van der Waals surface area contributed by atoms with Gasteiger partial charge < -0.3 is 14.5 Å². The van der Waals surface area contributed by atoms with Crippen LogP contribution in [-0.4, -0.2) is 24.0 Å². The monoisotopic (exact) mass is 342 g/mol. The molecule has 0 bridgehead atoms. The number of hydrogen-bond donors (Lipinski definition) is 1.